The molecule has 8 heteroatoms. The van der Waals surface area contributed by atoms with Crippen molar-refractivity contribution in [3.8, 4) is 5.69 Å². The van der Waals surface area contributed by atoms with Gasteiger partial charge in [-0.25, -0.2) is 9.48 Å². The van der Waals surface area contributed by atoms with Gasteiger partial charge in [0.2, 0.25) is 0 Å². The molecule has 0 spiro atoms. The Labute approximate surface area is 130 Å². The van der Waals surface area contributed by atoms with Crippen LogP contribution < -0.4 is 0 Å². The quantitative estimate of drug-likeness (QED) is 0.821. The lowest BCUT2D eigenvalue weighted by Gasteiger charge is -2.10. The van der Waals surface area contributed by atoms with E-state index in [1.807, 2.05) is 6.92 Å². The predicted octanol–water partition coefficient (Wildman–Crippen LogP) is 3.72. The highest BCUT2D eigenvalue weighted by molar-refractivity contribution is 5.86. The molecule has 2 aromatic rings. The van der Waals surface area contributed by atoms with E-state index < -0.39 is 17.7 Å². The van der Waals surface area contributed by atoms with Gasteiger partial charge in [0.25, 0.3) is 0 Å². The van der Waals surface area contributed by atoms with E-state index in [4.69, 9.17) is 0 Å². The van der Waals surface area contributed by atoms with Crippen LogP contribution >= 0.6 is 0 Å². The lowest BCUT2D eigenvalue weighted by molar-refractivity contribution is -0.137. The maximum Gasteiger partial charge on any atom is 0.416 e. The number of hydrogen-bond acceptors (Lipinski definition) is 3. The molecule has 0 bridgehead atoms. The number of nitrogens with zero attached hydrogens (tertiary/aromatic N) is 3. The van der Waals surface area contributed by atoms with Crippen LogP contribution in [0.3, 0.4) is 0 Å². The van der Waals surface area contributed by atoms with Crippen molar-refractivity contribution in [1.82, 2.24) is 15.0 Å². The molecule has 1 aromatic carbocycles. The van der Waals surface area contributed by atoms with Gasteiger partial charge in [-0.15, -0.1) is 5.10 Å². The first kappa shape index (κ1) is 17.0. The fraction of sp³-hybridized carbons (Fsp3) is 0.400. The van der Waals surface area contributed by atoms with Crippen LogP contribution in [-0.2, 0) is 12.6 Å². The van der Waals surface area contributed by atoms with E-state index >= 15 is 0 Å². The first-order chi connectivity index (χ1) is 10.8. The molecule has 23 heavy (non-hydrogen) atoms. The molecule has 2 rings (SSSR count). The molecule has 0 aliphatic rings. The zero-order valence-electron chi connectivity index (χ0n) is 12.5. The molecule has 0 atom stereocenters. The normalized spacial score (nSPS) is 11.7. The first-order valence-electron chi connectivity index (χ1n) is 7.20. The van der Waals surface area contributed by atoms with Crippen molar-refractivity contribution in [2.24, 2.45) is 0 Å². The minimum atomic E-state index is -4.48. The van der Waals surface area contributed by atoms with E-state index in [0.717, 1.165) is 25.0 Å². The van der Waals surface area contributed by atoms with E-state index in [1.54, 1.807) is 0 Å². The van der Waals surface area contributed by atoms with Gasteiger partial charge in [0, 0.05) is 0 Å². The van der Waals surface area contributed by atoms with E-state index in [0.29, 0.717) is 18.5 Å². The summed E-state index contributed by atoms with van der Waals surface area (Å²) in [5.74, 6) is -1.24. The number of carboxylic acid groups (broad SMARTS) is 1. The summed E-state index contributed by atoms with van der Waals surface area (Å²) in [5.41, 5.74) is -0.586. The Morgan fingerprint density at radius 3 is 2.65 bits per heavy atom. The molecule has 124 valence electrons. The Bertz CT molecular complexity index is 696. The van der Waals surface area contributed by atoms with Crippen LogP contribution in [0.15, 0.2) is 24.3 Å². The third-order valence-corrected chi connectivity index (χ3v) is 3.40. The van der Waals surface area contributed by atoms with Gasteiger partial charge < -0.3 is 5.11 Å². The topological polar surface area (TPSA) is 68.0 Å². The highest BCUT2D eigenvalue weighted by atomic mass is 19.4. The molecule has 1 heterocycles. The van der Waals surface area contributed by atoms with E-state index in [-0.39, 0.29) is 11.4 Å². The van der Waals surface area contributed by atoms with Crippen molar-refractivity contribution < 1.29 is 23.1 Å². The number of hydrogen-bond donors (Lipinski definition) is 1. The third-order valence-electron chi connectivity index (χ3n) is 3.40. The second-order valence-corrected chi connectivity index (χ2v) is 5.11. The van der Waals surface area contributed by atoms with E-state index in [2.05, 4.69) is 10.3 Å². The highest BCUT2D eigenvalue weighted by Crippen LogP contribution is 2.30. The van der Waals surface area contributed by atoms with Crippen LogP contribution in [0, 0.1) is 0 Å². The average molecular weight is 327 g/mol. The summed E-state index contributed by atoms with van der Waals surface area (Å²) < 4.78 is 39.7. The molecule has 1 aromatic heterocycles. The maximum absolute atomic E-state index is 12.8. The number of aromatic nitrogens is 3. The fourth-order valence-corrected chi connectivity index (χ4v) is 2.26. The van der Waals surface area contributed by atoms with Gasteiger partial charge in [-0.05, 0) is 31.0 Å². The van der Waals surface area contributed by atoms with Gasteiger partial charge in [0.05, 0.1) is 16.9 Å². The van der Waals surface area contributed by atoms with Crippen molar-refractivity contribution in [3.63, 3.8) is 0 Å². The predicted molar refractivity (Wildman–Crippen MR) is 76.5 cm³/mol. The number of alkyl halides is 3. The minimum Gasteiger partial charge on any atom is -0.476 e. The molecule has 0 unspecified atom stereocenters. The molecular formula is C15H16F3N3O2. The summed E-state index contributed by atoms with van der Waals surface area (Å²) in [6.07, 6.45) is -1.56. The fourth-order valence-electron chi connectivity index (χ4n) is 2.26. The van der Waals surface area contributed by atoms with Gasteiger partial charge in [-0.1, -0.05) is 31.0 Å². The number of carboxylic acids is 1. The molecule has 5 nitrogen and oxygen atoms in total. The Morgan fingerprint density at radius 1 is 1.30 bits per heavy atom. The van der Waals surface area contributed by atoms with Gasteiger partial charge in [0.15, 0.2) is 5.69 Å². The van der Waals surface area contributed by atoms with Crippen LogP contribution in [0.25, 0.3) is 5.69 Å². The Hall–Kier alpha value is -2.38. The van der Waals surface area contributed by atoms with Crippen molar-refractivity contribution in [2.45, 2.75) is 38.8 Å². The smallest absolute Gasteiger partial charge is 0.416 e. The van der Waals surface area contributed by atoms with Crippen LogP contribution in [0.4, 0.5) is 13.2 Å². The summed E-state index contributed by atoms with van der Waals surface area (Å²) in [6.45, 7) is 2.00. The van der Waals surface area contributed by atoms with Crippen LogP contribution in [-0.4, -0.2) is 26.1 Å². The van der Waals surface area contributed by atoms with Crippen molar-refractivity contribution >= 4 is 5.97 Å². The van der Waals surface area contributed by atoms with Gasteiger partial charge in [0.1, 0.15) is 0 Å². The van der Waals surface area contributed by atoms with Gasteiger partial charge >= 0.3 is 12.1 Å². The number of halogens is 3. The number of aromatic carboxylic acids is 1. The largest absolute Gasteiger partial charge is 0.476 e. The number of carbonyl (C=O) groups is 1. The van der Waals surface area contributed by atoms with Crippen molar-refractivity contribution in [1.29, 1.82) is 0 Å². The Balaban J connectivity index is 2.44. The Kier molecular flexibility index (Phi) is 5.02. The lowest BCUT2D eigenvalue weighted by atomic mass is 10.1. The highest BCUT2D eigenvalue weighted by Gasteiger charge is 2.31. The summed E-state index contributed by atoms with van der Waals surface area (Å²) in [7, 11) is 0. The zero-order valence-corrected chi connectivity index (χ0v) is 12.5. The number of rotatable bonds is 6. The summed E-state index contributed by atoms with van der Waals surface area (Å²) in [6, 6.07) is 4.59. The molecule has 0 fully saturated rings. The molecule has 0 amide bonds. The van der Waals surface area contributed by atoms with E-state index in [1.165, 1.54) is 16.8 Å². The van der Waals surface area contributed by atoms with Crippen LogP contribution in [0.2, 0.25) is 0 Å². The third kappa shape index (κ3) is 3.88. The molecule has 0 aliphatic heterocycles. The van der Waals surface area contributed by atoms with E-state index in [9.17, 15) is 23.1 Å². The molecule has 1 N–H and O–H groups in total. The lowest BCUT2D eigenvalue weighted by Crippen LogP contribution is -2.09. The standard InChI is InChI=1S/C15H16F3N3O2/c1-2-3-4-8-12-13(14(22)23)19-20-21(12)11-7-5-6-10(9-11)15(16,17)18/h5-7,9H,2-4,8H2,1H3,(H,22,23). The van der Waals surface area contributed by atoms with Crippen LogP contribution in [0.1, 0.15) is 47.9 Å². The SMILES string of the molecule is CCCCCc1c(C(=O)O)nnn1-c1cccc(C(F)(F)F)c1. The van der Waals surface area contributed by atoms with Crippen LogP contribution in [0.5, 0.6) is 0 Å². The zero-order chi connectivity index (χ0) is 17.0. The molecular weight excluding hydrogens is 311 g/mol. The van der Waals surface area contributed by atoms with Crippen molar-refractivity contribution in [2.75, 3.05) is 0 Å². The minimum absolute atomic E-state index is 0.145. The second-order valence-electron chi connectivity index (χ2n) is 5.11. The van der Waals surface area contributed by atoms with Gasteiger partial charge in [-0.2, -0.15) is 13.2 Å². The summed E-state index contributed by atoms with van der Waals surface area (Å²) >= 11 is 0. The molecule has 0 saturated carbocycles. The monoisotopic (exact) mass is 327 g/mol. The Morgan fingerprint density at radius 2 is 2.04 bits per heavy atom. The second kappa shape index (κ2) is 6.80. The number of unbranched alkanes of at least 4 members (excludes halogenated alkanes) is 2. The first-order valence-corrected chi connectivity index (χ1v) is 7.20. The average Bonchev–Trinajstić information content (AvgIpc) is 2.91. The maximum atomic E-state index is 12.8. The summed E-state index contributed by atoms with van der Waals surface area (Å²) in [4.78, 5) is 11.2. The molecule has 0 saturated heterocycles. The molecule has 0 radical (unpaired) electrons. The number of benzene rings is 1. The van der Waals surface area contributed by atoms with Crippen molar-refractivity contribution in [3.05, 3.63) is 41.2 Å². The molecule has 0 aliphatic carbocycles. The summed E-state index contributed by atoms with van der Waals surface area (Å²) in [5, 5.41) is 16.5. The van der Waals surface area contributed by atoms with Gasteiger partial charge in [-0.3, -0.25) is 0 Å².